The van der Waals surface area contributed by atoms with E-state index in [2.05, 4.69) is 5.32 Å². The lowest BCUT2D eigenvalue weighted by atomic mass is 9.99. The Hall–Kier alpha value is -3.66. The van der Waals surface area contributed by atoms with Gasteiger partial charge in [0.25, 0.3) is 0 Å². The van der Waals surface area contributed by atoms with E-state index in [1.165, 1.54) is 28.8 Å². The molecule has 0 saturated carbocycles. The number of hydrogen-bond acceptors (Lipinski definition) is 5. The molecule has 2 aliphatic rings. The highest BCUT2D eigenvalue weighted by Gasteiger charge is 2.38. The summed E-state index contributed by atoms with van der Waals surface area (Å²) in [5, 5.41) is 8.06. The van der Waals surface area contributed by atoms with Crippen molar-refractivity contribution in [2.45, 2.75) is 24.2 Å². The molecular weight excluding hydrogens is 563 g/mol. The number of halogens is 2. The van der Waals surface area contributed by atoms with E-state index in [0.717, 1.165) is 29.5 Å². The summed E-state index contributed by atoms with van der Waals surface area (Å²) in [6, 6.07) is 23.2. The standard InChI is InChI=1S/C31H28ClFN4O3S/c32-24-10-4-5-11-25(24)37-31-28(29(35-37)20-7-2-1-3-8-20)30(21-12-14-22(33)15-13-21)41-19-27(39)36(31)18-26(38)34-17-23-9-6-16-40-23/h1-5,7-8,10-15,23,30H,6,9,16-19H2,(H,34,38)/t23-,30-/m0/s1. The smallest absolute Gasteiger partial charge is 0.240 e. The van der Waals surface area contributed by atoms with E-state index in [1.54, 1.807) is 22.9 Å². The number of ether oxygens (including phenoxy) is 1. The highest BCUT2D eigenvalue weighted by molar-refractivity contribution is 8.00. The summed E-state index contributed by atoms with van der Waals surface area (Å²) in [7, 11) is 0. The van der Waals surface area contributed by atoms with Crippen molar-refractivity contribution >= 4 is 41.0 Å². The van der Waals surface area contributed by atoms with Crippen molar-refractivity contribution in [2.75, 3.05) is 30.3 Å². The fourth-order valence-electron chi connectivity index (χ4n) is 5.25. The molecule has 1 N–H and O–H groups in total. The van der Waals surface area contributed by atoms with Crippen molar-refractivity contribution in [2.24, 2.45) is 0 Å². The van der Waals surface area contributed by atoms with Crippen LogP contribution in [0.25, 0.3) is 16.9 Å². The average molecular weight is 591 g/mol. The van der Waals surface area contributed by atoms with Gasteiger partial charge in [-0.1, -0.05) is 66.2 Å². The van der Waals surface area contributed by atoms with Crippen LogP contribution in [-0.4, -0.2) is 53.1 Å². The molecule has 4 aromatic rings. The minimum atomic E-state index is -0.360. The van der Waals surface area contributed by atoms with Crippen LogP contribution in [0.1, 0.15) is 29.2 Å². The fourth-order valence-corrected chi connectivity index (χ4v) is 6.67. The normalized spacial score (nSPS) is 18.7. The predicted molar refractivity (Wildman–Crippen MR) is 159 cm³/mol. The Bertz CT molecular complexity index is 1560. The van der Waals surface area contributed by atoms with Gasteiger partial charge in [-0.3, -0.25) is 14.5 Å². The van der Waals surface area contributed by atoms with Crippen LogP contribution in [0.5, 0.6) is 0 Å². The van der Waals surface area contributed by atoms with Crippen molar-refractivity contribution in [3.63, 3.8) is 0 Å². The van der Waals surface area contributed by atoms with Gasteiger partial charge in [0.15, 0.2) is 0 Å². The summed E-state index contributed by atoms with van der Waals surface area (Å²) in [4.78, 5) is 28.5. The number of fused-ring (bicyclic) bond motifs is 1. The maximum Gasteiger partial charge on any atom is 0.240 e. The third-order valence-electron chi connectivity index (χ3n) is 7.24. The zero-order valence-electron chi connectivity index (χ0n) is 22.1. The van der Waals surface area contributed by atoms with Crippen LogP contribution < -0.4 is 10.2 Å². The van der Waals surface area contributed by atoms with Crippen molar-refractivity contribution in [3.05, 3.63) is 101 Å². The number of nitrogens with zero attached hydrogens (tertiary/aromatic N) is 3. The first kappa shape index (κ1) is 27.5. The number of carbonyl (C=O) groups excluding carboxylic acids is 2. The number of rotatable bonds is 7. The fraction of sp³-hybridized carbons (Fsp3) is 0.258. The number of amides is 2. The highest BCUT2D eigenvalue weighted by Crippen LogP contribution is 2.48. The summed E-state index contributed by atoms with van der Waals surface area (Å²) >= 11 is 8.10. The summed E-state index contributed by atoms with van der Waals surface area (Å²) in [5.74, 6) is -0.289. The number of carbonyl (C=O) groups is 2. The van der Waals surface area contributed by atoms with Crippen molar-refractivity contribution in [1.82, 2.24) is 15.1 Å². The number of anilines is 1. The first-order valence-corrected chi connectivity index (χ1v) is 14.9. The number of aromatic nitrogens is 2. The second-order valence-corrected chi connectivity index (χ2v) is 11.5. The van der Waals surface area contributed by atoms with Crippen LogP contribution in [0.3, 0.4) is 0 Å². The highest BCUT2D eigenvalue weighted by atomic mass is 35.5. The molecule has 0 unspecified atom stereocenters. The van der Waals surface area contributed by atoms with Gasteiger partial charge in [-0.2, -0.15) is 5.10 Å². The molecule has 0 bridgehead atoms. The summed E-state index contributed by atoms with van der Waals surface area (Å²) < 4.78 is 21.3. The number of nitrogens with one attached hydrogen (secondary N) is 1. The van der Waals surface area contributed by atoms with Gasteiger partial charge in [0.1, 0.15) is 18.2 Å². The van der Waals surface area contributed by atoms with Crippen molar-refractivity contribution < 1.29 is 18.7 Å². The van der Waals surface area contributed by atoms with Crippen LogP contribution in [0.15, 0.2) is 78.9 Å². The molecule has 1 saturated heterocycles. The molecule has 3 aromatic carbocycles. The Kier molecular flexibility index (Phi) is 8.09. The summed E-state index contributed by atoms with van der Waals surface area (Å²) in [6.07, 6.45) is 1.84. The molecule has 2 amide bonds. The van der Waals surface area contributed by atoms with Crippen LogP contribution in [-0.2, 0) is 14.3 Å². The maximum absolute atomic E-state index is 13.9. The lowest BCUT2D eigenvalue weighted by Gasteiger charge is -2.24. The van der Waals surface area contributed by atoms with Crippen LogP contribution in [0.4, 0.5) is 10.2 Å². The Morgan fingerprint density at radius 2 is 1.83 bits per heavy atom. The molecule has 6 rings (SSSR count). The van der Waals surface area contributed by atoms with Gasteiger partial charge in [0.2, 0.25) is 11.8 Å². The molecule has 10 heteroatoms. The Morgan fingerprint density at radius 3 is 2.56 bits per heavy atom. The van der Waals surface area contributed by atoms with Gasteiger partial charge < -0.3 is 10.1 Å². The van der Waals surface area contributed by atoms with Gasteiger partial charge in [-0.25, -0.2) is 9.07 Å². The molecule has 2 atom stereocenters. The Morgan fingerprint density at radius 1 is 1.07 bits per heavy atom. The van der Waals surface area contributed by atoms with E-state index >= 15 is 0 Å². The number of para-hydroxylation sites is 1. The third-order valence-corrected chi connectivity index (χ3v) is 8.82. The molecule has 7 nitrogen and oxygen atoms in total. The van der Waals surface area contributed by atoms with Crippen LogP contribution in [0, 0.1) is 5.82 Å². The SMILES string of the molecule is O=C(CN1C(=O)CS[C@@H](c2ccc(F)cc2)c2c(-c3ccccc3)nn(-c3ccccc3Cl)c21)NC[C@@H]1CCCO1. The Labute approximate surface area is 246 Å². The van der Waals surface area contributed by atoms with E-state index in [9.17, 15) is 14.0 Å². The van der Waals surface area contributed by atoms with Crippen LogP contribution >= 0.6 is 23.4 Å². The summed E-state index contributed by atoms with van der Waals surface area (Å²) in [5.41, 5.74) is 3.66. The average Bonchev–Trinajstić information content (AvgIpc) is 3.62. The van der Waals surface area contributed by atoms with E-state index in [-0.39, 0.29) is 41.3 Å². The first-order valence-electron chi connectivity index (χ1n) is 13.5. The van der Waals surface area contributed by atoms with Gasteiger partial charge in [-0.15, -0.1) is 11.8 Å². The van der Waals surface area contributed by atoms with E-state index in [0.29, 0.717) is 35.4 Å². The quantitative estimate of drug-likeness (QED) is 0.295. The van der Waals surface area contributed by atoms with Crippen LogP contribution in [0.2, 0.25) is 5.02 Å². The minimum Gasteiger partial charge on any atom is -0.376 e. The monoisotopic (exact) mass is 590 g/mol. The molecule has 41 heavy (non-hydrogen) atoms. The maximum atomic E-state index is 13.9. The number of hydrogen-bond donors (Lipinski definition) is 1. The molecule has 1 fully saturated rings. The van der Waals surface area contributed by atoms with Crippen molar-refractivity contribution in [3.8, 4) is 16.9 Å². The molecule has 0 aliphatic carbocycles. The number of benzene rings is 3. The molecule has 3 heterocycles. The lowest BCUT2D eigenvalue weighted by molar-refractivity contribution is -0.123. The third kappa shape index (κ3) is 5.75. The van der Waals surface area contributed by atoms with E-state index < -0.39 is 0 Å². The first-order chi connectivity index (χ1) is 20.0. The van der Waals surface area contributed by atoms with Gasteiger partial charge in [0.05, 0.1) is 33.5 Å². The molecule has 2 aliphatic heterocycles. The number of thioether (sulfide) groups is 1. The largest absolute Gasteiger partial charge is 0.376 e. The molecule has 210 valence electrons. The second kappa shape index (κ2) is 12.1. The Balaban J connectivity index is 1.52. The second-order valence-electron chi connectivity index (χ2n) is 9.98. The lowest BCUT2D eigenvalue weighted by Crippen LogP contribution is -2.44. The van der Waals surface area contributed by atoms with Gasteiger partial charge in [-0.05, 0) is 42.7 Å². The molecule has 1 aromatic heterocycles. The van der Waals surface area contributed by atoms with E-state index in [1.807, 2.05) is 48.5 Å². The van der Waals surface area contributed by atoms with Gasteiger partial charge in [0, 0.05) is 24.3 Å². The minimum absolute atomic E-state index is 0.0221. The molecule has 0 spiro atoms. The molecular formula is C31H28ClFN4O3S. The topological polar surface area (TPSA) is 76.5 Å². The summed E-state index contributed by atoms with van der Waals surface area (Å²) in [6.45, 7) is 0.884. The van der Waals surface area contributed by atoms with Crippen molar-refractivity contribution in [1.29, 1.82) is 0 Å². The zero-order chi connectivity index (χ0) is 28.3. The molecule has 0 radical (unpaired) electrons. The zero-order valence-corrected chi connectivity index (χ0v) is 23.7. The van der Waals surface area contributed by atoms with Gasteiger partial charge >= 0.3 is 0 Å². The van der Waals surface area contributed by atoms with E-state index in [4.69, 9.17) is 21.4 Å². The predicted octanol–water partition coefficient (Wildman–Crippen LogP) is 5.80.